The third kappa shape index (κ3) is 6.79. The smallest absolute Gasteiger partial charge is 0.0546 e. The van der Waals surface area contributed by atoms with E-state index in [1.165, 1.54) is 61.4 Å². The van der Waals surface area contributed by atoms with Gasteiger partial charge >= 0.3 is 0 Å². The molecule has 0 saturated carbocycles. The molecule has 0 atom stereocenters. The van der Waals surface area contributed by atoms with Crippen LogP contribution in [0.5, 0.6) is 0 Å². The monoisotopic (exact) mass is 791 g/mol. The van der Waals surface area contributed by atoms with E-state index >= 15 is 0 Å². The van der Waals surface area contributed by atoms with Gasteiger partial charge in [-0.15, -0.1) is 0 Å². The number of fused-ring (bicyclic) bond motifs is 4. The minimum absolute atomic E-state index is 0.00287. The molecule has 8 aromatic rings. The minimum Gasteiger partial charge on any atom is -0.366 e. The van der Waals surface area contributed by atoms with Gasteiger partial charge in [0.1, 0.15) is 0 Å². The fraction of sp³-hybridized carbons (Fsp3) is 0.172. The van der Waals surface area contributed by atoms with Crippen LogP contribution in [0.25, 0.3) is 33.4 Å². The Hall–Kier alpha value is -6.84. The van der Waals surface area contributed by atoms with E-state index in [0.717, 1.165) is 47.8 Å². The summed E-state index contributed by atoms with van der Waals surface area (Å²) >= 11 is 0. The Kier molecular flexibility index (Phi) is 9.64. The summed E-state index contributed by atoms with van der Waals surface area (Å²) in [6, 6.07) is 71.3. The van der Waals surface area contributed by atoms with Gasteiger partial charge in [0, 0.05) is 57.2 Å². The number of hydrogen-bond donors (Lipinski definition) is 0. The van der Waals surface area contributed by atoms with Crippen LogP contribution >= 0.6 is 0 Å². The summed E-state index contributed by atoms with van der Waals surface area (Å²) in [6.07, 6.45) is 2.16. The summed E-state index contributed by atoms with van der Waals surface area (Å²) in [5.41, 5.74) is 19.8. The van der Waals surface area contributed by atoms with Crippen molar-refractivity contribution in [2.24, 2.45) is 0 Å². The molecule has 1 heterocycles. The van der Waals surface area contributed by atoms with E-state index in [1.54, 1.807) is 0 Å². The molecule has 0 unspecified atom stereocenters. The van der Waals surface area contributed by atoms with E-state index < -0.39 is 0 Å². The molecule has 0 amide bonds. The zero-order chi connectivity index (χ0) is 41.7. The zero-order valence-electron chi connectivity index (χ0n) is 35.9. The Balaban J connectivity index is 1.24. The van der Waals surface area contributed by atoms with E-state index in [-0.39, 0.29) is 11.0 Å². The number of hydrogen-bond acceptors (Lipinski definition) is 3. The van der Waals surface area contributed by atoms with Crippen molar-refractivity contribution in [1.82, 2.24) is 0 Å². The first kappa shape index (κ1) is 38.4. The first-order chi connectivity index (χ1) is 29.7. The van der Waals surface area contributed by atoms with Crippen molar-refractivity contribution in [1.29, 1.82) is 0 Å². The first-order valence-corrected chi connectivity index (χ1v) is 21.8. The van der Waals surface area contributed by atoms with Crippen molar-refractivity contribution < 1.29 is 0 Å². The van der Waals surface area contributed by atoms with Gasteiger partial charge in [-0.2, -0.15) is 0 Å². The Bertz CT molecular complexity index is 2800. The predicted molar refractivity (Wildman–Crippen MR) is 260 cm³/mol. The lowest BCUT2D eigenvalue weighted by Gasteiger charge is -2.42. The quantitative estimate of drug-likeness (QED) is 0.152. The van der Waals surface area contributed by atoms with Gasteiger partial charge < -0.3 is 14.7 Å². The molecule has 61 heavy (non-hydrogen) atoms. The second kappa shape index (κ2) is 15.3. The van der Waals surface area contributed by atoms with Gasteiger partial charge in [0.05, 0.1) is 5.69 Å². The molecule has 3 nitrogen and oxygen atoms in total. The average molecular weight is 792 g/mol. The summed E-state index contributed by atoms with van der Waals surface area (Å²) < 4.78 is 0. The highest BCUT2D eigenvalue weighted by molar-refractivity contribution is 6.03. The second-order valence-electron chi connectivity index (χ2n) is 18.1. The van der Waals surface area contributed by atoms with Gasteiger partial charge in [0.2, 0.25) is 0 Å². The number of anilines is 7. The zero-order valence-corrected chi connectivity index (χ0v) is 35.9. The van der Waals surface area contributed by atoms with Crippen molar-refractivity contribution in [3.8, 4) is 33.4 Å². The second-order valence-corrected chi connectivity index (χ2v) is 18.1. The van der Waals surface area contributed by atoms with Crippen molar-refractivity contribution in [3.05, 3.63) is 211 Å². The molecule has 1 aliphatic heterocycles. The normalized spacial score (nSPS) is 13.9. The maximum Gasteiger partial charge on any atom is 0.0546 e. The molecular weight excluding hydrogens is 739 g/mol. The maximum absolute atomic E-state index is 2.63. The molecule has 10 rings (SSSR count). The van der Waals surface area contributed by atoms with Crippen LogP contribution < -0.4 is 14.7 Å². The molecule has 1 aliphatic carbocycles. The molecule has 0 radical (unpaired) electrons. The molecule has 0 N–H and O–H groups in total. The number of benzene rings is 8. The number of nitrogens with zero attached hydrogens (tertiary/aromatic N) is 3. The maximum atomic E-state index is 2.63. The van der Waals surface area contributed by atoms with Crippen molar-refractivity contribution in [2.75, 3.05) is 21.2 Å². The molecule has 8 aromatic carbocycles. The molecular formula is C58H53N3. The van der Waals surface area contributed by atoms with Gasteiger partial charge in [-0.25, -0.2) is 0 Å². The predicted octanol–water partition coefficient (Wildman–Crippen LogP) is 15.8. The molecule has 0 saturated heterocycles. The summed E-state index contributed by atoms with van der Waals surface area (Å²) in [7, 11) is 0. The van der Waals surface area contributed by atoms with Gasteiger partial charge in [0.25, 0.3) is 0 Å². The topological polar surface area (TPSA) is 9.72 Å². The lowest BCUT2D eigenvalue weighted by Crippen LogP contribution is -2.44. The SMILES string of the molecule is CC1(C)c2ccccc2-c2c1ccc(N(c1ccc(N(c3ccccc3)c3ccccc3)cc1)c1cccc(-c3ccccc3)c1)c2-c1cccc2c1CCCN2C(C)(C)C. The molecule has 0 bridgehead atoms. The van der Waals surface area contributed by atoms with Crippen LogP contribution in [-0.4, -0.2) is 12.1 Å². The molecule has 2 aliphatic rings. The highest BCUT2D eigenvalue weighted by atomic mass is 15.2. The van der Waals surface area contributed by atoms with Gasteiger partial charge in [-0.1, -0.05) is 135 Å². The molecule has 0 spiro atoms. The molecule has 0 fully saturated rings. The van der Waals surface area contributed by atoms with Crippen molar-refractivity contribution >= 4 is 39.8 Å². The summed E-state index contributed by atoms with van der Waals surface area (Å²) in [5.74, 6) is 0. The fourth-order valence-corrected chi connectivity index (χ4v) is 10.0. The van der Waals surface area contributed by atoms with Gasteiger partial charge in [-0.3, -0.25) is 0 Å². The number of rotatable bonds is 8. The molecule has 300 valence electrons. The van der Waals surface area contributed by atoms with Crippen LogP contribution in [0.4, 0.5) is 39.8 Å². The largest absolute Gasteiger partial charge is 0.366 e. The molecule has 0 aromatic heterocycles. The van der Waals surface area contributed by atoms with E-state index in [2.05, 4.69) is 243 Å². The van der Waals surface area contributed by atoms with E-state index in [1.807, 2.05) is 0 Å². The Morgan fingerprint density at radius 2 is 1.00 bits per heavy atom. The highest BCUT2D eigenvalue weighted by Gasteiger charge is 2.39. The van der Waals surface area contributed by atoms with Gasteiger partial charge in [-0.05, 0) is 151 Å². The van der Waals surface area contributed by atoms with Gasteiger partial charge in [0.15, 0.2) is 0 Å². The average Bonchev–Trinajstić information content (AvgIpc) is 3.53. The van der Waals surface area contributed by atoms with Crippen LogP contribution in [0.2, 0.25) is 0 Å². The third-order valence-corrected chi connectivity index (χ3v) is 12.9. The Morgan fingerprint density at radius 1 is 0.459 bits per heavy atom. The highest BCUT2D eigenvalue weighted by Crippen LogP contribution is 2.57. The Morgan fingerprint density at radius 3 is 1.67 bits per heavy atom. The van der Waals surface area contributed by atoms with E-state index in [0.29, 0.717) is 0 Å². The van der Waals surface area contributed by atoms with Crippen LogP contribution in [0.1, 0.15) is 57.7 Å². The summed E-state index contributed by atoms with van der Waals surface area (Å²) in [4.78, 5) is 7.47. The van der Waals surface area contributed by atoms with Crippen LogP contribution in [0.15, 0.2) is 194 Å². The number of para-hydroxylation sites is 2. The standard InChI is InChI=1S/C58H53N3/c1-57(2,3)59-39-19-30-48-49(29-18-32-53(48)59)56-54(38-37-52-55(56)50-28-15-16-31-51(50)58(52,4)5)61(47-27-17-22-42(40-47)41-20-9-6-10-21-41)46-35-33-45(34-36-46)60(43-23-11-7-12-24-43)44-25-13-8-14-26-44/h6-18,20-29,31-38,40H,19,30,39H2,1-5H3. The van der Waals surface area contributed by atoms with Crippen LogP contribution in [-0.2, 0) is 11.8 Å². The third-order valence-electron chi connectivity index (χ3n) is 12.9. The van der Waals surface area contributed by atoms with Crippen LogP contribution in [0.3, 0.4) is 0 Å². The van der Waals surface area contributed by atoms with Crippen molar-refractivity contribution in [3.63, 3.8) is 0 Å². The van der Waals surface area contributed by atoms with E-state index in [4.69, 9.17) is 0 Å². The Labute approximate surface area is 362 Å². The summed E-state index contributed by atoms with van der Waals surface area (Å²) in [6.45, 7) is 12.9. The van der Waals surface area contributed by atoms with Crippen molar-refractivity contribution in [2.45, 2.75) is 58.4 Å². The minimum atomic E-state index is -0.149. The molecule has 3 heteroatoms. The fourth-order valence-electron chi connectivity index (χ4n) is 10.0. The van der Waals surface area contributed by atoms with Crippen LogP contribution in [0, 0.1) is 0 Å². The van der Waals surface area contributed by atoms with E-state index in [9.17, 15) is 0 Å². The lowest BCUT2D eigenvalue weighted by molar-refractivity contribution is 0.484. The summed E-state index contributed by atoms with van der Waals surface area (Å²) in [5, 5.41) is 0. The first-order valence-electron chi connectivity index (χ1n) is 21.8. The lowest BCUT2D eigenvalue weighted by atomic mass is 9.80.